The summed E-state index contributed by atoms with van der Waals surface area (Å²) in [7, 11) is 0. The number of hydrogen-bond donors (Lipinski definition) is 1. The number of aliphatic imine (C=N–C) groups is 1. The van der Waals surface area contributed by atoms with E-state index in [1.807, 2.05) is 0 Å². The lowest BCUT2D eigenvalue weighted by molar-refractivity contribution is 0.560. The molecular weight excluding hydrogens is 184 g/mol. The SMILES string of the molecule is Cl.NC1=NCc2cocc2S1. The highest BCUT2D eigenvalue weighted by molar-refractivity contribution is 8.13. The van der Waals surface area contributed by atoms with Crippen molar-refractivity contribution in [2.24, 2.45) is 10.7 Å². The number of thioether (sulfide) groups is 1. The highest BCUT2D eigenvalue weighted by Crippen LogP contribution is 2.28. The average molecular weight is 191 g/mol. The Labute approximate surface area is 74.5 Å². The summed E-state index contributed by atoms with van der Waals surface area (Å²) in [6.45, 7) is 0.657. The molecule has 0 spiro atoms. The van der Waals surface area contributed by atoms with E-state index in [4.69, 9.17) is 10.2 Å². The van der Waals surface area contributed by atoms with Gasteiger partial charge in [-0.1, -0.05) is 0 Å². The first kappa shape index (κ1) is 8.49. The predicted molar refractivity (Wildman–Crippen MR) is 47.1 cm³/mol. The van der Waals surface area contributed by atoms with Crippen LogP contribution in [0.25, 0.3) is 0 Å². The first-order chi connectivity index (χ1) is 4.86. The maximum atomic E-state index is 5.48. The van der Waals surface area contributed by atoms with Gasteiger partial charge in [0, 0.05) is 5.56 Å². The van der Waals surface area contributed by atoms with E-state index in [1.165, 1.54) is 11.8 Å². The summed E-state index contributed by atoms with van der Waals surface area (Å²) >= 11 is 1.45. The fourth-order valence-electron chi connectivity index (χ4n) is 0.825. The third-order valence-electron chi connectivity index (χ3n) is 1.32. The zero-order chi connectivity index (χ0) is 6.97. The molecule has 0 aliphatic carbocycles. The summed E-state index contributed by atoms with van der Waals surface area (Å²) in [5.41, 5.74) is 6.60. The van der Waals surface area contributed by atoms with E-state index in [9.17, 15) is 0 Å². The molecule has 0 amide bonds. The molecule has 0 radical (unpaired) electrons. The van der Waals surface area contributed by atoms with Crippen LogP contribution in [0.3, 0.4) is 0 Å². The molecule has 0 saturated carbocycles. The molecule has 11 heavy (non-hydrogen) atoms. The zero-order valence-corrected chi connectivity index (χ0v) is 7.24. The second-order valence-electron chi connectivity index (χ2n) is 2.02. The van der Waals surface area contributed by atoms with Crippen LogP contribution in [0.4, 0.5) is 0 Å². The summed E-state index contributed by atoms with van der Waals surface area (Å²) in [5.74, 6) is 0. The van der Waals surface area contributed by atoms with Gasteiger partial charge in [0.15, 0.2) is 5.17 Å². The van der Waals surface area contributed by atoms with Crippen LogP contribution in [0.5, 0.6) is 0 Å². The third-order valence-corrected chi connectivity index (χ3v) is 2.24. The first-order valence-electron chi connectivity index (χ1n) is 2.89. The highest BCUT2D eigenvalue weighted by Gasteiger charge is 2.11. The van der Waals surface area contributed by atoms with Gasteiger partial charge in [-0.05, 0) is 11.8 Å². The second-order valence-corrected chi connectivity index (χ2v) is 3.08. The van der Waals surface area contributed by atoms with Crippen molar-refractivity contribution < 1.29 is 4.42 Å². The molecule has 3 nitrogen and oxygen atoms in total. The van der Waals surface area contributed by atoms with Crippen LogP contribution in [0, 0.1) is 0 Å². The number of nitrogens with zero attached hydrogens (tertiary/aromatic N) is 1. The summed E-state index contributed by atoms with van der Waals surface area (Å²) in [5, 5.41) is 0.619. The van der Waals surface area contributed by atoms with E-state index in [1.54, 1.807) is 12.5 Å². The summed E-state index contributed by atoms with van der Waals surface area (Å²) in [6.07, 6.45) is 3.40. The molecule has 5 heteroatoms. The van der Waals surface area contributed by atoms with Crippen LogP contribution in [0.2, 0.25) is 0 Å². The Hall–Kier alpha value is -0.610. The van der Waals surface area contributed by atoms with Gasteiger partial charge in [-0.2, -0.15) is 0 Å². The molecule has 0 unspecified atom stereocenters. The van der Waals surface area contributed by atoms with E-state index >= 15 is 0 Å². The van der Waals surface area contributed by atoms with Crippen molar-refractivity contribution in [2.75, 3.05) is 0 Å². The lowest BCUT2D eigenvalue weighted by Gasteiger charge is -2.05. The Morgan fingerprint density at radius 2 is 2.36 bits per heavy atom. The van der Waals surface area contributed by atoms with Crippen molar-refractivity contribution in [3.8, 4) is 0 Å². The number of fused-ring (bicyclic) bond motifs is 1. The highest BCUT2D eigenvalue weighted by atomic mass is 35.5. The van der Waals surface area contributed by atoms with Crippen molar-refractivity contribution >= 4 is 29.3 Å². The van der Waals surface area contributed by atoms with Gasteiger partial charge in [-0.25, -0.2) is 0 Å². The van der Waals surface area contributed by atoms with Gasteiger partial charge in [0.2, 0.25) is 0 Å². The fraction of sp³-hybridized carbons (Fsp3) is 0.167. The smallest absolute Gasteiger partial charge is 0.159 e. The molecule has 1 aliphatic rings. The molecule has 1 aromatic rings. The summed E-state index contributed by atoms with van der Waals surface area (Å²) in [6, 6.07) is 0. The van der Waals surface area contributed by atoms with Crippen molar-refractivity contribution in [1.82, 2.24) is 0 Å². The Balaban J connectivity index is 0.000000605. The van der Waals surface area contributed by atoms with Gasteiger partial charge in [-0.15, -0.1) is 12.4 Å². The lowest BCUT2D eigenvalue weighted by atomic mass is 10.3. The number of nitrogens with two attached hydrogens (primary N) is 1. The number of amidine groups is 1. The molecule has 1 aromatic heterocycles. The average Bonchev–Trinajstić information content (AvgIpc) is 2.33. The standard InChI is InChI=1S/C6H6N2OS.ClH/c7-6-8-1-4-2-9-3-5(4)10-6;/h2-3H,1H2,(H2,7,8);1H. The maximum Gasteiger partial charge on any atom is 0.159 e. The lowest BCUT2D eigenvalue weighted by Crippen LogP contribution is -2.09. The molecule has 60 valence electrons. The van der Waals surface area contributed by atoms with Gasteiger partial charge in [0.05, 0.1) is 17.7 Å². The predicted octanol–water partition coefficient (Wildman–Crippen LogP) is 1.62. The topological polar surface area (TPSA) is 51.5 Å². The first-order valence-corrected chi connectivity index (χ1v) is 3.71. The summed E-state index contributed by atoms with van der Waals surface area (Å²) < 4.78 is 4.97. The zero-order valence-electron chi connectivity index (χ0n) is 5.61. The van der Waals surface area contributed by atoms with Gasteiger partial charge < -0.3 is 10.2 Å². The van der Waals surface area contributed by atoms with Crippen LogP contribution in [-0.2, 0) is 6.54 Å². The van der Waals surface area contributed by atoms with E-state index in [-0.39, 0.29) is 12.4 Å². The Bertz CT molecular complexity index is 284. The molecule has 0 atom stereocenters. The van der Waals surface area contributed by atoms with Crippen LogP contribution >= 0.6 is 24.2 Å². The molecular formula is C6H7ClN2OS. The van der Waals surface area contributed by atoms with Crippen molar-refractivity contribution in [3.05, 3.63) is 18.1 Å². The third kappa shape index (κ3) is 1.52. The number of rotatable bonds is 0. The van der Waals surface area contributed by atoms with E-state index < -0.39 is 0 Å². The minimum Gasteiger partial charge on any atom is -0.471 e. The Kier molecular flexibility index (Phi) is 2.46. The molecule has 0 aromatic carbocycles. The second kappa shape index (κ2) is 3.19. The Morgan fingerprint density at radius 3 is 3.18 bits per heavy atom. The quantitative estimate of drug-likeness (QED) is 0.677. The van der Waals surface area contributed by atoms with Crippen molar-refractivity contribution in [3.63, 3.8) is 0 Å². The van der Waals surface area contributed by atoms with Gasteiger partial charge in [0.25, 0.3) is 0 Å². The maximum absolute atomic E-state index is 5.48. The van der Waals surface area contributed by atoms with Gasteiger partial charge in [-0.3, -0.25) is 4.99 Å². The molecule has 0 saturated heterocycles. The van der Waals surface area contributed by atoms with Gasteiger partial charge in [0.1, 0.15) is 6.26 Å². The molecule has 0 bridgehead atoms. The molecule has 2 rings (SSSR count). The van der Waals surface area contributed by atoms with E-state index in [2.05, 4.69) is 4.99 Å². The van der Waals surface area contributed by atoms with Gasteiger partial charge >= 0.3 is 0 Å². The van der Waals surface area contributed by atoms with Crippen molar-refractivity contribution in [1.29, 1.82) is 0 Å². The molecule has 2 N–H and O–H groups in total. The number of hydrogen-bond acceptors (Lipinski definition) is 4. The minimum atomic E-state index is 0. The molecule has 1 aliphatic heterocycles. The van der Waals surface area contributed by atoms with Crippen molar-refractivity contribution in [2.45, 2.75) is 11.4 Å². The van der Waals surface area contributed by atoms with Crippen LogP contribution < -0.4 is 5.73 Å². The summed E-state index contributed by atoms with van der Waals surface area (Å²) in [4.78, 5) is 5.13. The monoisotopic (exact) mass is 190 g/mol. The molecule has 0 fully saturated rings. The fourth-order valence-corrected chi connectivity index (χ4v) is 1.53. The van der Waals surface area contributed by atoms with Crippen LogP contribution in [0.1, 0.15) is 5.56 Å². The normalized spacial score (nSPS) is 14.7. The van der Waals surface area contributed by atoms with E-state index in [0.29, 0.717) is 11.7 Å². The Morgan fingerprint density at radius 1 is 1.55 bits per heavy atom. The van der Waals surface area contributed by atoms with E-state index in [0.717, 1.165) is 10.5 Å². The number of furan rings is 1. The van der Waals surface area contributed by atoms with Crippen LogP contribution in [-0.4, -0.2) is 5.17 Å². The minimum absolute atomic E-state index is 0. The number of halogens is 1. The largest absolute Gasteiger partial charge is 0.471 e. The van der Waals surface area contributed by atoms with Crippen LogP contribution in [0.15, 0.2) is 26.8 Å². The molecule has 2 heterocycles.